The minimum Gasteiger partial charge on any atom is -0.550 e. The van der Waals surface area contributed by atoms with Crippen LogP contribution in [-0.4, -0.2) is 11.8 Å². The Morgan fingerprint density at radius 1 is 0.950 bits per heavy atom. The number of ketones is 1. The molecule has 0 N–H and O–H groups in total. The van der Waals surface area contributed by atoms with Crippen LogP contribution in [0.3, 0.4) is 0 Å². The molecule has 0 aliphatic heterocycles. The molecule has 1 unspecified atom stereocenters. The molecule has 0 amide bonds. The third-order valence-electron chi connectivity index (χ3n) is 3.04. The van der Waals surface area contributed by atoms with Crippen LogP contribution >= 0.6 is 0 Å². The number of benzene rings is 2. The molecular formula is C16H13AgO3. The summed E-state index contributed by atoms with van der Waals surface area (Å²) in [5.41, 5.74) is 1.64. The zero-order chi connectivity index (χ0) is 13.8. The van der Waals surface area contributed by atoms with Crippen molar-refractivity contribution in [2.24, 2.45) is 0 Å². The number of carboxylic acids is 1. The second kappa shape index (κ2) is 7.20. The molecule has 1 atom stereocenters. The van der Waals surface area contributed by atoms with Crippen LogP contribution in [0.15, 0.2) is 54.6 Å². The number of aliphatic carboxylic acids is 1. The van der Waals surface area contributed by atoms with Gasteiger partial charge in [-0.3, -0.25) is 4.79 Å². The van der Waals surface area contributed by atoms with E-state index in [9.17, 15) is 14.7 Å². The number of carbonyl (C=O) groups is 2. The van der Waals surface area contributed by atoms with Crippen LogP contribution in [0, 0.1) is 0 Å². The van der Waals surface area contributed by atoms with Crippen molar-refractivity contribution in [3.05, 3.63) is 71.3 Å². The fourth-order valence-electron chi connectivity index (χ4n) is 1.84. The summed E-state index contributed by atoms with van der Waals surface area (Å²) in [4.78, 5) is 23.1. The molecule has 0 radical (unpaired) electrons. The molecule has 0 aliphatic rings. The molecule has 4 heteroatoms. The molecular weight excluding hydrogens is 348 g/mol. The second-order valence-corrected chi connectivity index (χ2v) is 4.36. The maximum atomic E-state index is 12.2. The first-order valence-corrected chi connectivity index (χ1v) is 6.00. The van der Waals surface area contributed by atoms with Crippen LogP contribution in [-0.2, 0) is 27.2 Å². The van der Waals surface area contributed by atoms with Gasteiger partial charge in [0.1, 0.15) is 0 Å². The SMILES string of the molecule is CC(C(=O)[O-])c1cccc(C(=O)c2ccccc2)c1.[Ag+]. The normalized spacial score (nSPS) is 11.2. The molecule has 0 heterocycles. The van der Waals surface area contributed by atoms with Gasteiger partial charge < -0.3 is 9.90 Å². The molecule has 106 valence electrons. The number of hydrogen-bond donors (Lipinski definition) is 0. The van der Waals surface area contributed by atoms with Gasteiger partial charge in [-0.25, -0.2) is 0 Å². The van der Waals surface area contributed by atoms with Crippen LogP contribution in [0.4, 0.5) is 0 Å². The molecule has 0 aliphatic carbocycles. The Morgan fingerprint density at radius 3 is 2.15 bits per heavy atom. The summed E-state index contributed by atoms with van der Waals surface area (Å²) in [7, 11) is 0. The zero-order valence-corrected chi connectivity index (χ0v) is 12.3. The average Bonchev–Trinajstić information content (AvgIpc) is 2.46. The largest absolute Gasteiger partial charge is 1.00 e. The predicted octanol–water partition coefficient (Wildman–Crippen LogP) is 1.77. The molecule has 0 saturated carbocycles. The van der Waals surface area contributed by atoms with E-state index in [1.54, 1.807) is 55.5 Å². The van der Waals surface area contributed by atoms with Crippen molar-refractivity contribution in [2.45, 2.75) is 12.8 Å². The van der Waals surface area contributed by atoms with E-state index in [4.69, 9.17) is 0 Å². The van der Waals surface area contributed by atoms with Crippen molar-refractivity contribution >= 4 is 11.8 Å². The van der Waals surface area contributed by atoms with E-state index in [0.717, 1.165) is 0 Å². The van der Waals surface area contributed by atoms with Crippen LogP contribution in [0.25, 0.3) is 0 Å². The summed E-state index contributed by atoms with van der Waals surface area (Å²) < 4.78 is 0. The second-order valence-electron chi connectivity index (χ2n) is 4.36. The average molecular weight is 361 g/mol. The maximum Gasteiger partial charge on any atom is 1.00 e. The maximum absolute atomic E-state index is 12.2. The molecule has 0 aromatic heterocycles. The standard InChI is InChI=1S/C16H14O3.Ag/c1-11(16(18)19)13-8-5-9-14(10-13)15(17)12-6-3-2-4-7-12;/h2-11H,1H3,(H,18,19);/q;+1/p-1. The fraction of sp³-hybridized carbons (Fsp3) is 0.125. The Kier molecular flexibility index (Phi) is 5.89. The third kappa shape index (κ3) is 3.67. The third-order valence-corrected chi connectivity index (χ3v) is 3.04. The molecule has 0 saturated heterocycles. The van der Waals surface area contributed by atoms with E-state index in [1.165, 1.54) is 0 Å². The van der Waals surface area contributed by atoms with E-state index in [-0.39, 0.29) is 28.2 Å². The van der Waals surface area contributed by atoms with Gasteiger partial charge in [0.15, 0.2) is 5.78 Å². The molecule has 2 aromatic carbocycles. The van der Waals surface area contributed by atoms with Gasteiger partial charge in [0.2, 0.25) is 0 Å². The van der Waals surface area contributed by atoms with E-state index in [1.807, 2.05) is 6.07 Å². The van der Waals surface area contributed by atoms with Gasteiger partial charge >= 0.3 is 22.4 Å². The minimum absolute atomic E-state index is 0. The summed E-state index contributed by atoms with van der Waals surface area (Å²) in [5, 5.41) is 10.9. The summed E-state index contributed by atoms with van der Waals surface area (Å²) in [5.74, 6) is -2.00. The van der Waals surface area contributed by atoms with Crippen LogP contribution < -0.4 is 5.11 Å². The number of rotatable bonds is 4. The van der Waals surface area contributed by atoms with Crippen molar-refractivity contribution < 1.29 is 37.1 Å². The first kappa shape index (κ1) is 16.4. The topological polar surface area (TPSA) is 57.2 Å². The fourth-order valence-corrected chi connectivity index (χ4v) is 1.84. The first-order valence-electron chi connectivity index (χ1n) is 6.00. The molecule has 3 nitrogen and oxygen atoms in total. The van der Waals surface area contributed by atoms with Crippen molar-refractivity contribution in [3.63, 3.8) is 0 Å². The van der Waals surface area contributed by atoms with Gasteiger partial charge in [-0.05, 0) is 11.6 Å². The quantitative estimate of drug-likeness (QED) is 0.616. The van der Waals surface area contributed by atoms with Crippen molar-refractivity contribution in [2.75, 3.05) is 0 Å². The smallest absolute Gasteiger partial charge is 0.550 e. The summed E-state index contributed by atoms with van der Waals surface area (Å²) in [6, 6.07) is 15.5. The summed E-state index contributed by atoms with van der Waals surface area (Å²) >= 11 is 0. The molecule has 2 rings (SSSR count). The number of carbonyl (C=O) groups excluding carboxylic acids is 2. The number of carboxylic acid groups (broad SMARTS) is 1. The number of hydrogen-bond acceptors (Lipinski definition) is 3. The predicted molar refractivity (Wildman–Crippen MR) is 69.7 cm³/mol. The Morgan fingerprint density at radius 2 is 1.55 bits per heavy atom. The van der Waals surface area contributed by atoms with E-state index < -0.39 is 11.9 Å². The van der Waals surface area contributed by atoms with Gasteiger partial charge in [-0.1, -0.05) is 55.5 Å². The molecule has 2 aromatic rings. The zero-order valence-electron chi connectivity index (χ0n) is 10.8. The Hall–Kier alpha value is -1.68. The molecule has 0 spiro atoms. The summed E-state index contributed by atoms with van der Waals surface area (Å²) in [6.07, 6.45) is 0. The first-order chi connectivity index (χ1) is 9.09. The monoisotopic (exact) mass is 360 g/mol. The van der Waals surface area contributed by atoms with Crippen LogP contribution in [0.2, 0.25) is 0 Å². The molecule has 20 heavy (non-hydrogen) atoms. The van der Waals surface area contributed by atoms with Crippen LogP contribution in [0.5, 0.6) is 0 Å². The molecule has 0 fully saturated rings. The van der Waals surface area contributed by atoms with E-state index in [0.29, 0.717) is 16.7 Å². The van der Waals surface area contributed by atoms with Gasteiger partial charge in [-0.2, -0.15) is 0 Å². The van der Waals surface area contributed by atoms with Crippen molar-refractivity contribution in [3.8, 4) is 0 Å². The Bertz CT molecular complexity index is 608. The van der Waals surface area contributed by atoms with Gasteiger partial charge in [0.25, 0.3) is 0 Å². The van der Waals surface area contributed by atoms with E-state index >= 15 is 0 Å². The van der Waals surface area contributed by atoms with Crippen molar-refractivity contribution in [1.29, 1.82) is 0 Å². The van der Waals surface area contributed by atoms with Gasteiger partial charge in [0.05, 0.1) is 0 Å². The van der Waals surface area contributed by atoms with Crippen molar-refractivity contribution in [1.82, 2.24) is 0 Å². The minimum atomic E-state index is -1.15. The van der Waals surface area contributed by atoms with Gasteiger partial charge in [-0.15, -0.1) is 0 Å². The van der Waals surface area contributed by atoms with Gasteiger partial charge in [0, 0.05) is 23.0 Å². The molecule has 0 bridgehead atoms. The van der Waals surface area contributed by atoms with E-state index in [2.05, 4.69) is 0 Å². The Balaban J connectivity index is 0.00000200. The Labute approximate surface area is 133 Å². The summed E-state index contributed by atoms with van der Waals surface area (Å²) in [6.45, 7) is 1.54. The van der Waals surface area contributed by atoms with Crippen LogP contribution in [0.1, 0.15) is 34.3 Å².